The number of amides is 1. The fraction of sp³-hybridized carbons (Fsp3) is 0.450. The van der Waals surface area contributed by atoms with Crippen molar-refractivity contribution in [1.29, 1.82) is 0 Å². The number of carbonyl (C=O) groups excluding carboxylic acids is 1. The maximum atomic E-state index is 12.7. The molecule has 6 heteroatoms. The summed E-state index contributed by atoms with van der Waals surface area (Å²) < 4.78 is 0. The second-order valence-corrected chi connectivity index (χ2v) is 7.01. The third-order valence-electron chi connectivity index (χ3n) is 4.58. The Morgan fingerprint density at radius 1 is 1.12 bits per heavy atom. The van der Waals surface area contributed by atoms with Crippen LogP contribution in [-0.2, 0) is 0 Å². The van der Waals surface area contributed by atoms with Crippen molar-refractivity contribution in [3.8, 4) is 0 Å². The van der Waals surface area contributed by atoms with Gasteiger partial charge in [-0.15, -0.1) is 0 Å². The molecule has 0 saturated carbocycles. The molecule has 6 nitrogen and oxygen atoms in total. The van der Waals surface area contributed by atoms with Crippen molar-refractivity contribution in [3.05, 3.63) is 48.3 Å². The zero-order valence-corrected chi connectivity index (χ0v) is 15.6. The third kappa shape index (κ3) is 4.71. The maximum Gasteiger partial charge on any atom is 0.255 e. The lowest BCUT2D eigenvalue weighted by molar-refractivity contribution is 0.0746. The van der Waals surface area contributed by atoms with Crippen molar-refractivity contribution in [3.63, 3.8) is 0 Å². The number of hydrogen-bond acceptors (Lipinski definition) is 5. The number of aromatic nitrogens is 2. The molecule has 26 heavy (non-hydrogen) atoms. The summed E-state index contributed by atoms with van der Waals surface area (Å²) in [6.45, 7) is 8.28. The van der Waals surface area contributed by atoms with Crippen molar-refractivity contribution in [2.24, 2.45) is 5.92 Å². The highest BCUT2D eigenvalue weighted by Crippen LogP contribution is 2.15. The molecule has 0 aliphatic carbocycles. The summed E-state index contributed by atoms with van der Waals surface area (Å²) in [5.41, 5.74) is 0.644. The average Bonchev–Trinajstić information content (AvgIpc) is 2.68. The first-order valence-corrected chi connectivity index (χ1v) is 9.28. The van der Waals surface area contributed by atoms with Gasteiger partial charge in [0.1, 0.15) is 11.6 Å². The van der Waals surface area contributed by atoms with Gasteiger partial charge in [0.15, 0.2) is 0 Å². The molecule has 1 saturated heterocycles. The molecule has 0 radical (unpaired) electrons. The van der Waals surface area contributed by atoms with Crippen LogP contribution in [0.4, 0.5) is 11.6 Å². The standard InChI is InChI=1S/C20H27N5O/c1-16(2)8-10-21-18-7-6-17(15-23-18)20(26)25-13-11-24(12-14-25)19-5-3-4-9-22-19/h3-7,9,15-16H,8,10-14H2,1-2H3,(H,21,23). The first kappa shape index (κ1) is 18.2. The minimum absolute atomic E-state index is 0.0481. The van der Waals surface area contributed by atoms with E-state index in [-0.39, 0.29) is 5.91 Å². The number of carbonyl (C=O) groups is 1. The van der Waals surface area contributed by atoms with E-state index in [2.05, 4.69) is 34.0 Å². The topological polar surface area (TPSA) is 61.4 Å². The SMILES string of the molecule is CC(C)CCNc1ccc(C(=O)N2CCN(c3ccccn3)CC2)cn1. The molecule has 0 spiro atoms. The van der Waals surface area contributed by atoms with E-state index in [4.69, 9.17) is 0 Å². The quantitative estimate of drug-likeness (QED) is 0.865. The minimum atomic E-state index is 0.0481. The van der Waals surface area contributed by atoms with Gasteiger partial charge in [-0.2, -0.15) is 0 Å². The number of nitrogens with zero attached hydrogens (tertiary/aromatic N) is 4. The predicted molar refractivity (Wildman–Crippen MR) is 105 cm³/mol. The molecule has 1 N–H and O–H groups in total. The average molecular weight is 353 g/mol. The molecule has 0 aromatic carbocycles. The summed E-state index contributed by atoms with van der Waals surface area (Å²) in [5, 5.41) is 3.30. The Labute approximate surface area is 155 Å². The zero-order chi connectivity index (χ0) is 18.4. The molecule has 1 aliphatic heterocycles. The summed E-state index contributed by atoms with van der Waals surface area (Å²) in [6.07, 6.45) is 4.57. The van der Waals surface area contributed by atoms with Crippen LogP contribution in [0.2, 0.25) is 0 Å². The highest BCUT2D eigenvalue weighted by atomic mass is 16.2. The molecule has 1 aliphatic rings. The Morgan fingerprint density at radius 2 is 1.92 bits per heavy atom. The monoisotopic (exact) mass is 353 g/mol. The van der Waals surface area contributed by atoms with Gasteiger partial charge in [-0.25, -0.2) is 9.97 Å². The Bertz CT molecular complexity index is 694. The fourth-order valence-electron chi connectivity index (χ4n) is 2.98. The van der Waals surface area contributed by atoms with E-state index in [0.29, 0.717) is 24.6 Å². The molecular weight excluding hydrogens is 326 g/mol. The second-order valence-electron chi connectivity index (χ2n) is 7.01. The van der Waals surface area contributed by atoms with Crippen molar-refractivity contribution >= 4 is 17.5 Å². The van der Waals surface area contributed by atoms with Crippen molar-refractivity contribution in [2.75, 3.05) is 42.9 Å². The van der Waals surface area contributed by atoms with Gasteiger partial charge in [0.25, 0.3) is 5.91 Å². The molecule has 3 rings (SSSR count). The van der Waals surface area contributed by atoms with Gasteiger partial charge in [0, 0.05) is 45.1 Å². The minimum Gasteiger partial charge on any atom is -0.370 e. The van der Waals surface area contributed by atoms with E-state index in [1.54, 1.807) is 12.4 Å². The van der Waals surface area contributed by atoms with Gasteiger partial charge in [-0.1, -0.05) is 19.9 Å². The van der Waals surface area contributed by atoms with Crippen LogP contribution >= 0.6 is 0 Å². The van der Waals surface area contributed by atoms with E-state index in [9.17, 15) is 4.79 Å². The molecular formula is C20H27N5O. The van der Waals surface area contributed by atoms with E-state index < -0.39 is 0 Å². The first-order chi connectivity index (χ1) is 12.6. The van der Waals surface area contributed by atoms with Crippen LogP contribution in [-0.4, -0.2) is 53.5 Å². The van der Waals surface area contributed by atoms with Crippen LogP contribution in [0.25, 0.3) is 0 Å². The first-order valence-electron chi connectivity index (χ1n) is 9.28. The molecule has 2 aromatic heterocycles. The Hall–Kier alpha value is -2.63. The molecule has 2 aromatic rings. The highest BCUT2D eigenvalue weighted by Gasteiger charge is 2.22. The zero-order valence-electron chi connectivity index (χ0n) is 15.6. The number of nitrogens with one attached hydrogen (secondary N) is 1. The molecule has 0 bridgehead atoms. The summed E-state index contributed by atoms with van der Waals surface area (Å²) in [5.74, 6) is 2.50. The number of rotatable bonds is 6. The maximum absolute atomic E-state index is 12.7. The Morgan fingerprint density at radius 3 is 2.54 bits per heavy atom. The summed E-state index contributed by atoms with van der Waals surface area (Å²) in [6, 6.07) is 9.65. The van der Waals surface area contributed by atoms with Crippen molar-refractivity contribution in [2.45, 2.75) is 20.3 Å². The lowest BCUT2D eigenvalue weighted by Gasteiger charge is -2.35. The van der Waals surface area contributed by atoms with Crippen LogP contribution < -0.4 is 10.2 Å². The van der Waals surface area contributed by atoms with E-state index >= 15 is 0 Å². The second kappa shape index (κ2) is 8.65. The van der Waals surface area contributed by atoms with Gasteiger partial charge < -0.3 is 15.1 Å². The summed E-state index contributed by atoms with van der Waals surface area (Å²) >= 11 is 0. The summed E-state index contributed by atoms with van der Waals surface area (Å²) in [4.78, 5) is 25.5. The molecule has 0 unspecified atom stereocenters. The van der Waals surface area contributed by atoms with Gasteiger partial charge in [-0.3, -0.25) is 4.79 Å². The number of pyridine rings is 2. The smallest absolute Gasteiger partial charge is 0.255 e. The van der Waals surface area contributed by atoms with Crippen molar-refractivity contribution in [1.82, 2.24) is 14.9 Å². The lowest BCUT2D eigenvalue weighted by atomic mass is 10.1. The van der Waals surface area contributed by atoms with Gasteiger partial charge in [0.05, 0.1) is 5.56 Å². The Balaban J connectivity index is 1.52. The van der Waals surface area contributed by atoms with Crippen molar-refractivity contribution < 1.29 is 4.79 Å². The predicted octanol–water partition coefficient (Wildman–Crippen LogP) is 2.90. The summed E-state index contributed by atoms with van der Waals surface area (Å²) in [7, 11) is 0. The number of hydrogen-bond donors (Lipinski definition) is 1. The normalized spacial score (nSPS) is 14.6. The van der Waals surface area contributed by atoms with Crippen LogP contribution in [0, 0.1) is 5.92 Å². The number of anilines is 2. The fourth-order valence-corrected chi connectivity index (χ4v) is 2.98. The highest BCUT2D eigenvalue weighted by molar-refractivity contribution is 5.94. The largest absolute Gasteiger partial charge is 0.370 e. The molecule has 138 valence electrons. The van der Waals surface area contributed by atoms with Crippen LogP contribution in [0.1, 0.15) is 30.6 Å². The van der Waals surface area contributed by atoms with Crippen LogP contribution in [0.15, 0.2) is 42.7 Å². The van der Waals surface area contributed by atoms with E-state index in [1.807, 2.05) is 35.2 Å². The van der Waals surface area contributed by atoms with Gasteiger partial charge >= 0.3 is 0 Å². The van der Waals surface area contributed by atoms with Crippen LogP contribution in [0.3, 0.4) is 0 Å². The molecule has 0 atom stereocenters. The van der Waals surface area contributed by atoms with Crippen LogP contribution in [0.5, 0.6) is 0 Å². The molecule has 3 heterocycles. The lowest BCUT2D eigenvalue weighted by Crippen LogP contribution is -2.49. The number of piperazine rings is 1. The molecule has 1 amide bonds. The van der Waals surface area contributed by atoms with Gasteiger partial charge in [-0.05, 0) is 36.6 Å². The molecule has 1 fully saturated rings. The van der Waals surface area contributed by atoms with E-state index in [1.165, 1.54) is 0 Å². The van der Waals surface area contributed by atoms with E-state index in [0.717, 1.165) is 37.7 Å². The van der Waals surface area contributed by atoms with Gasteiger partial charge in [0.2, 0.25) is 0 Å². The Kier molecular flexibility index (Phi) is 6.04. The third-order valence-corrected chi connectivity index (χ3v) is 4.58.